The third kappa shape index (κ3) is 9.66. The first-order chi connectivity index (χ1) is 15.7. The van der Waals surface area contributed by atoms with E-state index in [1.807, 2.05) is 32.4 Å². The van der Waals surface area contributed by atoms with Crippen LogP contribution in [0.3, 0.4) is 0 Å². The molecule has 0 spiro atoms. The number of fused-ring (bicyclic) bond motifs is 1. The molecule has 3 aromatic heterocycles. The highest BCUT2D eigenvalue weighted by molar-refractivity contribution is 6.36. The molecule has 3 rings (SSSR count). The summed E-state index contributed by atoms with van der Waals surface area (Å²) < 4.78 is 17.1. The van der Waals surface area contributed by atoms with E-state index in [4.69, 9.17) is 66.3 Å². The molecule has 9 nitrogen and oxygen atoms in total. The summed E-state index contributed by atoms with van der Waals surface area (Å²) in [7, 11) is 3.61. The first-order valence-corrected chi connectivity index (χ1v) is 11.5. The quantitative estimate of drug-likeness (QED) is 0.291. The molecule has 3 heterocycles. The van der Waals surface area contributed by atoms with Crippen molar-refractivity contribution in [3.63, 3.8) is 0 Å². The molecule has 0 amide bonds. The van der Waals surface area contributed by atoms with Crippen LogP contribution in [-0.2, 0) is 21.3 Å². The lowest BCUT2D eigenvalue weighted by molar-refractivity contribution is -0.282. The third-order valence-electron chi connectivity index (χ3n) is 3.80. The average Bonchev–Trinajstić information content (AvgIpc) is 3.13. The van der Waals surface area contributed by atoms with Crippen molar-refractivity contribution in [2.24, 2.45) is 7.05 Å². The Morgan fingerprint density at radius 3 is 1.97 bits per heavy atom. The van der Waals surface area contributed by atoms with E-state index in [0.29, 0.717) is 52.2 Å². The SMILES string of the molecule is CCOC(OCC)OCC.CNc1cc(Cl)nc(Cl)c1N.Cn1cnc2c(Cl)nc(Cl)cc21. The Morgan fingerprint density at radius 2 is 1.45 bits per heavy atom. The van der Waals surface area contributed by atoms with Gasteiger partial charge in [-0.3, -0.25) is 0 Å². The molecule has 0 aliphatic carbocycles. The zero-order valence-electron chi connectivity index (χ0n) is 19.0. The van der Waals surface area contributed by atoms with Crippen LogP contribution in [0, 0.1) is 0 Å². The summed E-state index contributed by atoms with van der Waals surface area (Å²) in [6, 6.07) is 3.35. The summed E-state index contributed by atoms with van der Waals surface area (Å²) in [6.45, 7) is 7.10. The molecule has 3 aromatic rings. The van der Waals surface area contributed by atoms with Gasteiger partial charge in [0, 0.05) is 46.0 Å². The maximum Gasteiger partial charge on any atom is 0.271 e. The summed E-state index contributed by atoms with van der Waals surface area (Å²) in [5.41, 5.74) is 8.22. The van der Waals surface area contributed by atoms with Gasteiger partial charge in [-0.1, -0.05) is 46.4 Å². The van der Waals surface area contributed by atoms with Crippen LogP contribution >= 0.6 is 46.4 Å². The normalized spacial score (nSPS) is 10.5. The van der Waals surface area contributed by atoms with Crippen molar-refractivity contribution in [3.8, 4) is 0 Å². The molecule has 0 saturated carbocycles. The highest BCUT2D eigenvalue weighted by atomic mass is 35.5. The Balaban J connectivity index is 0.000000249. The van der Waals surface area contributed by atoms with E-state index in [-0.39, 0.29) is 5.15 Å². The largest absolute Gasteiger partial charge is 0.395 e. The minimum atomic E-state index is -0.472. The van der Waals surface area contributed by atoms with Crippen LogP contribution in [-0.4, -0.2) is 52.9 Å². The molecule has 13 heteroatoms. The molecule has 184 valence electrons. The summed E-state index contributed by atoms with van der Waals surface area (Å²) in [6.07, 6.45) is 1.68. The van der Waals surface area contributed by atoms with Gasteiger partial charge >= 0.3 is 0 Å². The minimum Gasteiger partial charge on any atom is -0.395 e. The van der Waals surface area contributed by atoms with Crippen LogP contribution in [0.1, 0.15) is 20.8 Å². The first kappa shape index (κ1) is 29.4. The van der Waals surface area contributed by atoms with Gasteiger partial charge in [0.25, 0.3) is 6.48 Å². The Labute approximate surface area is 213 Å². The van der Waals surface area contributed by atoms with Crippen molar-refractivity contribution in [1.82, 2.24) is 19.5 Å². The number of halogens is 4. The molecule has 0 aliphatic heterocycles. The van der Waals surface area contributed by atoms with Crippen LogP contribution in [0.15, 0.2) is 18.5 Å². The zero-order chi connectivity index (χ0) is 25.0. The van der Waals surface area contributed by atoms with E-state index in [2.05, 4.69) is 20.3 Å². The van der Waals surface area contributed by atoms with Gasteiger partial charge in [0.1, 0.15) is 15.8 Å². The molecule has 0 unspecified atom stereocenters. The smallest absolute Gasteiger partial charge is 0.271 e. The van der Waals surface area contributed by atoms with Gasteiger partial charge < -0.3 is 29.8 Å². The fraction of sp³-hybridized carbons (Fsp3) is 0.450. The Kier molecular flexibility index (Phi) is 13.7. The van der Waals surface area contributed by atoms with Crippen molar-refractivity contribution < 1.29 is 14.2 Å². The third-order valence-corrected chi connectivity index (χ3v) is 4.74. The molecule has 0 saturated heterocycles. The standard InChI is InChI=1S/C7H5Cl2N3.C7H16O3.C6H7Cl2N3/c1-12-3-10-6-4(12)2-5(8)11-7(6)9;1-4-8-7(9-5-2)10-6-3;1-10-3-2-4(7)11-6(8)5(3)9/h2-3H,1H3;7H,4-6H2,1-3H3;2H,9H2,1H3,(H,10,11). The van der Waals surface area contributed by atoms with E-state index in [1.165, 1.54) is 0 Å². The average molecular weight is 542 g/mol. The number of ether oxygens (including phenoxy) is 3. The van der Waals surface area contributed by atoms with E-state index in [1.54, 1.807) is 25.5 Å². The molecule has 0 bridgehead atoms. The van der Waals surface area contributed by atoms with Crippen molar-refractivity contribution in [3.05, 3.63) is 39.1 Å². The van der Waals surface area contributed by atoms with Crippen LogP contribution in [0.25, 0.3) is 11.0 Å². The maximum atomic E-state index is 5.80. The fourth-order valence-corrected chi connectivity index (χ4v) is 3.21. The second-order valence-electron chi connectivity index (χ2n) is 6.06. The predicted molar refractivity (Wildman–Crippen MR) is 135 cm³/mol. The number of nitrogen functional groups attached to an aromatic ring is 1. The summed E-state index contributed by atoms with van der Waals surface area (Å²) in [5, 5.41) is 4.13. The highest BCUT2D eigenvalue weighted by Gasteiger charge is 2.07. The van der Waals surface area contributed by atoms with E-state index in [0.717, 1.165) is 5.52 Å². The van der Waals surface area contributed by atoms with Crippen molar-refractivity contribution >= 4 is 68.8 Å². The van der Waals surface area contributed by atoms with Crippen molar-refractivity contribution in [2.45, 2.75) is 27.2 Å². The van der Waals surface area contributed by atoms with Crippen molar-refractivity contribution in [1.29, 1.82) is 0 Å². The second-order valence-corrected chi connectivity index (χ2v) is 7.55. The number of rotatable bonds is 7. The summed E-state index contributed by atoms with van der Waals surface area (Å²) in [5.74, 6) is 0. The van der Waals surface area contributed by atoms with Gasteiger partial charge in [0.15, 0.2) is 10.3 Å². The molecule has 3 N–H and O–H groups in total. The van der Waals surface area contributed by atoms with Gasteiger partial charge in [-0.15, -0.1) is 0 Å². The molecule has 0 fully saturated rings. The number of nitrogens with two attached hydrogens (primary N) is 1. The Bertz CT molecular complexity index is 991. The van der Waals surface area contributed by atoms with Gasteiger partial charge in [-0.2, -0.15) is 0 Å². The molecule has 33 heavy (non-hydrogen) atoms. The lowest BCUT2D eigenvalue weighted by Crippen LogP contribution is -2.20. The summed E-state index contributed by atoms with van der Waals surface area (Å²) in [4.78, 5) is 11.7. The number of hydrogen-bond acceptors (Lipinski definition) is 8. The predicted octanol–water partition coefficient (Wildman–Crippen LogP) is 5.67. The monoisotopic (exact) mass is 540 g/mol. The number of hydrogen-bond donors (Lipinski definition) is 2. The van der Waals surface area contributed by atoms with E-state index >= 15 is 0 Å². The lowest BCUT2D eigenvalue weighted by Gasteiger charge is -2.15. The minimum absolute atomic E-state index is 0.224. The number of imidazole rings is 1. The topological polar surface area (TPSA) is 109 Å². The van der Waals surface area contributed by atoms with E-state index in [9.17, 15) is 0 Å². The number of pyridine rings is 2. The molecule has 0 radical (unpaired) electrons. The van der Waals surface area contributed by atoms with Gasteiger partial charge in [0.05, 0.1) is 23.2 Å². The van der Waals surface area contributed by atoms with Crippen LogP contribution < -0.4 is 11.1 Å². The molecular formula is C20H28Cl4N6O3. The lowest BCUT2D eigenvalue weighted by atomic mass is 10.3. The highest BCUT2D eigenvalue weighted by Crippen LogP contribution is 2.27. The van der Waals surface area contributed by atoms with Crippen LogP contribution in [0.4, 0.5) is 11.4 Å². The second kappa shape index (κ2) is 15.3. The van der Waals surface area contributed by atoms with Crippen molar-refractivity contribution in [2.75, 3.05) is 37.9 Å². The Morgan fingerprint density at radius 1 is 0.939 bits per heavy atom. The number of anilines is 2. The Hall–Kier alpha value is -1.59. The summed E-state index contributed by atoms with van der Waals surface area (Å²) >= 11 is 22.8. The molecule has 0 aliphatic rings. The number of nitrogens with one attached hydrogen (secondary N) is 1. The maximum absolute atomic E-state index is 5.80. The van der Waals surface area contributed by atoms with Crippen LogP contribution in [0.5, 0.6) is 0 Å². The van der Waals surface area contributed by atoms with E-state index < -0.39 is 6.48 Å². The molecule has 0 atom stereocenters. The van der Waals surface area contributed by atoms with Crippen LogP contribution in [0.2, 0.25) is 20.6 Å². The number of aromatic nitrogens is 4. The zero-order valence-corrected chi connectivity index (χ0v) is 22.1. The first-order valence-electron chi connectivity index (χ1n) is 9.95. The fourth-order valence-electron chi connectivity index (χ4n) is 2.31. The molecular weight excluding hydrogens is 514 g/mol. The number of nitrogens with zero attached hydrogens (tertiary/aromatic N) is 4. The van der Waals surface area contributed by atoms with Gasteiger partial charge in [0.2, 0.25) is 0 Å². The molecule has 0 aromatic carbocycles. The van der Waals surface area contributed by atoms with Gasteiger partial charge in [-0.25, -0.2) is 15.0 Å². The van der Waals surface area contributed by atoms with Gasteiger partial charge in [-0.05, 0) is 20.8 Å². The number of aryl methyl sites for hydroxylation is 1.